The van der Waals surface area contributed by atoms with E-state index in [0.29, 0.717) is 11.5 Å². The van der Waals surface area contributed by atoms with Crippen molar-refractivity contribution in [3.05, 3.63) is 18.5 Å². The molecule has 0 aliphatic rings. The summed E-state index contributed by atoms with van der Waals surface area (Å²) >= 11 is 13.5. The molecule has 0 amide bonds. The number of halogens is 3. The van der Waals surface area contributed by atoms with E-state index in [4.69, 9.17) is 4.74 Å². The first-order valence-electron chi connectivity index (χ1n) is 6.24. The first-order chi connectivity index (χ1) is 9.63. The van der Waals surface area contributed by atoms with Crippen molar-refractivity contribution in [3.8, 4) is 0 Å². The van der Waals surface area contributed by atoms with E-state index in [1.54, 1.807) is 11.3 Å². The summed E-state index contributed by atoms with van der Waals surface area (Å²) in [5.41, 5.74) is 0. The number of ether oxygens (including phenoxy) is 1. The van der Waals surface area contributed by atoms with Gasteiger partial charge in [0.25, 0.3) is 0 Å². The zero-order valence-electron chi connectivity index (χ0n) is 10.6. The molecule has 2 aromatic rings. The van der Waals surface area contributed by atoms with Gasteiger partial charge < -0.3 is 4.74 Å². The molecular weight excluding hydrogens is 492 g/mol. The fourth-order valence-electron chi connectivity index (χ4n) is 1.75. The van der Waals surface area contributed by atoms with Crippen molar-refractivity contribution in [2.75, 3.05) is 11.9 Å². The van der Waals surface area contributed by atoms with Crippen LogP contribution in [0.15, 0.2) is 13.6 Å². The van der Waals surface area contributed by atoms with Crippen LogP contribution in [-0.4, -0.2) is 17.9 Å². The molecule has 2 aromatic heterocycles. The van der Waals surface area contributed by atoms with E-state index in [-0.39, 0.29) is 5.97 Å². The Hall–Kier alpha value is 0.570. The minimum Gasteiger partial charge on any atom is -0.462 e. The van der Waals surface area contributed by atoms with Crippen LogP contribution in [0.4, 0.5) is 0 Å². The minimum absolute atomic E-state index is 0.213. The number of rotatable bonds is 7. The van der Waals surface area contributed by atoms with Crippen LogP contribution < -0.4 is 0 Å². The molecule has 0 atom stereocenters. The van der Waals surface area contributed by atoms with Gasteiger partial charge in [-0.15, -0.1) is 22.7 Å². The molecule has 20 heavy (non-hydrogen) atoms. The van der Waals surface area contributed by atoms with Crippen LogP contribution in [0, 0.1) is 0 Å². The summed E-state index contributed by atoms with van der Waals surface area (Å²) in [6, 6.07) is 1.90. The number of hydrogen-bond donors (Lipinski definition) is 0. The standard InChI is InChI=1S/C13H13Br3O2S2/c14-5-3-1-2-4-6-18-13(17)9-7-8-10(19-9)12(16)20-11(8)15/h7H,1-6H2. The third kappa shape index (κ3) is 4.29. The van der Waals surface area contributed by atoms with Gasteiger partial charge in [0, 0.05) is 10.7 Å². The lowest BCUT2D eigenvalue weighted by atomic mass is 10.2. The fourth-order valence-corrected chi connectivity index (χ4v) is 6.51. The highest BCUT2D eigenvalue weighted by molar-refractivity contribution is 9.12. The maximum Gasteiger partial charge on any atom is 0.348 e. The zero-order valence-corrected chi connectivity index (χ0v) is 17.0. The number of fused-ring (bicyclic) bond motifs is 1. The van der Waals surface area contributed by atoms with E-state index in [9.17, 15) is 4.79 Å². The predicted octanol–water partition coefficient (Wildman–Crippen LogP) is 6.60. The van der Waals surface area contributed by atoms with Gasteiger partial charge >= 0.3 is 5.97 Å². The zero-order chi connectivity index (χ0) is 14.5. The molecule has 0 radical (unpaired) electrons. The maximum atomic E-state index is 12.0. The second kappa shape index (κ2) is 8.27. The van der Waals surface area contributed by atoms with Gasteiger partial charge in [-0.3, -0.25) is 0 Å². The Morgan fingerprint density at radius 2 is 1.85 bits per heavy atom. The van der Waals surface area contributed by atoms with Gasteiger partial charge in [-0.05, 0) is 50.8 Å². The molecule has 0 aliphatic carbocycles. The molecule has 110 valence electrons. The third-order valence-electron chi connectivity index (χ3n) is 2.76. The van der Waals surface area contributed by atoms with E-state index in [1.807, 2.05) is 6.07 Å². The Labute approximate surface area is 151 Å². The van der Waals surface area contributed by atoms with Crippen LogP contribution in [0.25, 0.3) is 10.1 Å². The monoisotopic (exact) mass is 502 g/mol. The molecule has 0 saturated carbocycles. The van der Waals surface area contributed by atoms with Crippen LogP contribution >= 0.6 is 70.5 Å². The number of alkyl halides is 1. The first-order valence-corrected chi connectivity index (χ1v) is 10.6. The van der Waals surface area contributed by atoms with Crippen molar-refractivity contribution in [2.24, 2.45) is 0 Å². The van der Waals surface area contributed by atoms with Gasteiger partial charge in [0.1, 0.15) is 4.88 Å². The first kappa shape index (κ1) is 16.9. The quantitative estimate of drug-likeness (QED) is 0.241. The summed E-state index contributed by atoms with van der Waals surface area (Å²) in [6.07, 6.45) is 4.40. The lowest BCUT2D eigenvalue weighted by molar-refractivity contribution is 0.0503. The van der Waals surface area contributed by atoms with Crippen molar-refractivity contribution in [1.29, 1.82) is 0 Å². The average Bonchev–Trinajstić information content (AvgIpc) is 2.96. The molecule has 7 heteroatoms. The molecule has 0 saturated heterocycles. The van der Waals surface area contributed by atoms with E-state index in [1.165, 1.54) is 24.2 Å². The van der Waals surface area contributed by atoms with Crippen molar-refractivity contribution < 1.29 is 9.53 Å². The molecule has 0 aliphatic heterocycles. The van der Waals surface area contributed by atoms with Crippen molar-refractivity contribution >= 4 is 86.5 Å². The molecule has 0 spiro atoms. The largest absolute Gasteiger partial charge is 0.462 e. The lowest BCUT2D eigenvalue weighted by Gasteiger charge is -2.02. The summed E-state index contributed by atoms with van der Waals surface area (Å²) in [5.74, 6) is -0.213. The number of thiophene rings is 2. The molecule has 2 nitrogen and oxygen atoms in total. The minimum atomic E-state index is -0.213. The number of unbranched alkanes of at least 4 members (excludes halogenated alkanes) is 3. The lowest BCUT2D eigenvalue weighted by Crippen LogP contribution is -2.04. The van der Waals surface area contributed by atoms with Crippen LogP contribution in [-0.2, 0) is 4.74 Å². The van der Waals surface area contributed by atoms with Crippen LogP contribution in [0.1, 0.15) is 35.4 Å². The predicted molar refractivity (Wildman–Crippen MR) is 97.6 cm³/mol. The summed E-state index contributed by atoms with van der Waals surface area (Å²) in [7, 11) is 0. The topological polar surface area (TPSA) is 26.3 Å². The highest BCUT2D eigenvalue weighted by Crippen LogP contribution is 2.43. The molecular formula is C13H13Br3O2S2. The summed E-state index contributed by atoms with van der Waals surface area (Å²) in [6.45, 7) is 0.508. The van der Waals surface area contributed by atoms with E-state index in [0.717, 1.165) is 35.8 Å². The van der Waals surface area contributed by atoms with Crippen molar-refractivity contribution in [2.45, 2.75) is 25.7 Å². The maximum absolute atomic E-state index is 12.0. The second-order valence-corrected chi connectivity index (χ2v) is 9.74. The molecule has 0 N–H and O–H groups in total. The van der Waals surface area contributed by atoms with E-state index in [2.05, 4.69) is 47.8 Å². The number of carbonyl (C=O) groups excluding carboxylic acids is 1. The Balaban J connectivity index is 1.86. The normalized spacial score (nSPS) is 11.2. The summed E-state index contributed by atoms with van der Waals surface area (Å²) in [5, 5.41) is 2.12. The SMILES string of the molecule is O=C(OCCCCCCBr)c1cc2c(Br)sc(Br)c2s1. The molecule has 0 unspecified atom stereocenters. The van der Waals surface area contributed by atoms with Crippen molar-refractivity contribution in [1.82, 2.24) is 0 Å². The summed E-state index contributed by atoms with van der Waals surface area (Å²) < 4.78 is 8.52. The second-order valence-electron chi connectivity index (χ2n) is 4.24. The van der Waals surface area contributed by atoms with Crippen LogP contribution in [0.5, 0.6) is 0 Å². The van der Waals surface area contributed by atoms with Gasteiger partial charge in [-0.1, -0.05) is 28.8 Å². The number of hydrogen-bond acceptors (Lipinski definition) is 4. The van der Waals surface area contributed by atoms with E-state index < -0.39 is 0 Å². The Kier molecular flexibility index (Phi) is 7.00. The molecule has 0 fully saturated rings. The van der Waals surface area contributed by atoms with E-state index >= 15 is 0 Å². The number of esters is 1. The fraction of sp³-hybridized carbons (Fsp3) is 0.462. The Morgan fingerprint density at radius 1 is 1.10 bits per heavy atom. The van der Waals surface area contributed by atoms with Gasteiger partial charge in [0.05, 0.1) is 18.9 Å². The highest BCUT2D eigenvalue weighted by Gasteiger charge is 2.16. The van der Waals surface area contributed by atoms with Crippen LogP contribution in [0.2, 0.25) is 0 Å². The summed E-state index contributed by atoms with van der Waals surface area (Å²) in [4.78, 5) is 12.6. The Morgan fingerprint density at radius 3 is 2.55 bits per heavy atom. The highest BCUT2D eigenvalue weighted by atomic mass is 79.9. The molecule has 2 rings (SSSR count). The van der Waals surface area contributed by atoms with Gasteiger partial charge in [-0.25, -0.2) is 4.79 Å². The molecule has 0 bridgehead atoms. The number of carbonyl (C=O) groups is 1. The molecule has 2 heterocycles. The average molecular weight is 505 g/mol. The van der Waals surface area contributed by atoms with Crippen molar-refractivity contribution in [3.63, 3.8) is 0 Å². The van der Waals surface area contributed by atoms with Crippen LogP contribution in [0.3, 0.4) is 0 Å². The van der Waals surface area contributed by atoms with Gasteiger partial charge in [0.15, 0.2) is 0 Å². The van der Waals surface area contributed by atoms with Gasteiger partial charge in [-0.2, -0.15) is 0 Å². The Bertz CT molecular complexity index is 557. The molecule has 0 aromatic carbocycles. The third-order valence-corrected chi connectivity index (χ3v) is 7.43. The van der Waals surface area contributed by atoms with Gasteiger partial charge in [0.2, 0.25) is 0 Å². The smallest absolute Gasteiger partial charge is 0.348 e.